The van der Waals surface area contributed by atoms with E-state index in [0.717, 1.165) is 11.1 Å². The molecule has 1 aromatic carbocycles. The zero-order chi connectivity index (χ0) is 17.7. The molecule has 24 heavy (non-hydrogen) atoms. The molecule has 1 heterocycles. The second-order valence-electron chi connectivity index (χ2n) is 5.11. The average molecular weight is 334 g/mol. The predicted molar refractivity (Wildman–Crippen MR) is 84.7 cm³/mol. The lowest BCUT2D eigenvalue weighted by Crippen LogP contribution is -2.33. The van der Waals surface area contributed by atoms with Gasteiger partial charge in [0.25, 0.3) is 0 Å². The van der Waals surface area contributed by atoms with E-state index in [2.05, 4.69) is 9.84 Å². The number of nitro groups is 1. The number of ether oxygens (including phenoxy) is 2. The van der Waals surface area contributed by atoms with Gasteiger partial charge in [0, 0.05) is 5.56 Å². The second-order valence-corrected chi connectivity index (χ2v) is 5.11. The Morgan fingerprint density at radius 3 is 2.75 bits per heavy atom. The Kier molecular flexibility index (Phi) is 5.48. The van der Waals surface area contributed by atoms with Gasteiger partial charge in [0.15, 0.2) is 0 Å². The van der Waals surface area contributed by atoms with E-state index in [1.54, 1.807) is 12.1 Å². The molecule has 128 valence electrons. The van der Waals surface area contributed by atoms with Gasteiger partial charge in [0.05, 0.1) is 38.1 Å². The van der Waals surface area contributed by atoms with Crippen molar-refractivity contribution in [2.45, 2.75) is 19.0 Å². The first-order chi connectivity index (χ1) is 11.4. The lowest BCUT2D eigenvalue weighted by molar-refractivity contribution is -0.389. The monoisotopic (exact) mass is 334 g/mol. The molecule has 9 nitrogen and oxygen atoms in total. The molecule has 2 N–H and O–H groups in total. The molecule has 1 atom stereocenters. The summed E-state index contributed by atoms with van der Waals surface area (Å²) < 4.78 is 11.4. The molecule has 1 unspecified atom stereocenters. The number of rotatable bonds is 7. The van der Waals surface area contributed by atoms with Crippen LogP contribution in [0.3, 0.4) is 0 Å². The van der Waals surface area contributed by atoms with Crippen LogP contribution in [-0.4, -0.2) is 40.9 Å². The van der Waals surface area contributed by atoms with E-state index in [1.807, 2.05) is 6.07 Å². The highest BCUT2D eigenvalue weighted by atomic mass is 16.6. The third-order valence-corrected chi connectivity index (χ3v) is 3.45. The van der Waals surface area contributed by atoms with Gasteiger partial charge in [-0.25, -0.2) is 0 Å². The van der Waals surface area contributed by atoms with E-state index in [9.17, 15) is 14.9 Å². The largest absolute Gasteiger partial charge is 0.496 e. The summed E-state index contributed by atoms with van der Waals surface area (Å²) in [6.07, 6.45) is 1.83. The van der Waals surface area contributed by atoms with Gasteiger partial charge in [-0.3, -0.25) is 4.79 Å². The van der Waals surface area contributed by atoms with Gasteiger partial charge in [0.1, 0.15) is 11.8 Å². The molecule has 0 aliphatic carbocycles. The minimum absolute atomic E-state index is 0.224. The highest BCUT2D eigenvalue weighted by molar-refractivity contribution is 5.75. The van der Waals surface area contributed by atoms with Crippen LogP contribution in [0.15, 0.2) is 30.5 Å². The van der Waals surface area contributed by atoms with Crippen molar-refractivity contribution in [3.8, 4) is 5.75 Å². The van der Waals surface area contributed by atoms with Crippen molar-refractivity contribution in [2.24, 2.45) is 5.73 Å². The average Bonchev–Trinajstić information content (AvgIpc) is 3.03. The first kappa shape index (κ1) is 17.4. The smallest absolute Gasteiger partial charge is 0.389 e. The topological polar surface area (TPSA) is 123 Å². The Morgan fingerprint density at radius 2 is 2.17 bits per heavy atom. The summed E-state index contributed by atoms with van der Waals surface area (Å²) in [4.78, 5) is 21.6. The molecular weight excluding hydrogens is 316 g/mol. The molecule has 0 bridgehead atoms. The number of benzene rings is 1. The van der Waals surface area contributed by atoms with Gasteiger partial charge in [-0.15, -0.1) is 0 Å². The van der Waals surface area contributed by atoms with Crippen molar-refractivity contribution in [3.05, 3.63) is 51.7 Å². The van der Waals surface area contributed by atoms with Gasteiger partial charge >= 0.3 is 11.8 Å². The third-order valence-electron chi connectivity index (χ3n) is 3.45. The van der Waals surface area contributed by atoms with E-state index < -0.39 is 16.9 Å². The fourth-order valence-corrected chi connectivity index (χ4v) is 2.28. The molecule has 0 saturated carbocycles. The minimum Gasteiger partial charge on any atom is -0.496 e. The highest BCUT2D eigenvalue weighted by Crippen LogP contribution is 2.22. The summed E-state index contributed by atoms with van der Waals surface area (Å²) in [5.41, 5.74) is 7.36. The van der Waals surface area contributed by atoms with Crippen molar-refractivity contribution in [3.63, 3.8) is 0 Å². The summed E-state index contributed by atoms with van der Waals surface area (Å²) in [6, 6.07) is 5.95. The number of esters is 1. The van der Waals surface area contributed by atoms with Crippen molar-refractivity contribution in [1.82, 2.24) is 9.78 Å². The van der Waals surface area contributed by atoms with Gasteiger partial charge in [0.2, 0.25) is 0 Å². The van der Waals surface area contributed by atoms with Gasteiger partial charge in [-0.1, -0.05) is 12.1 Å². The number of carbonyl (C=O) groups excluding carboxylic acids is 1. The first-order valence-corrected chi connectivity index (χ1v) is 7.11. The van der Waals surface area contributed by atoms with Crippen LogP contribution in [0.5, 0.6) is 5.75 Å². The molecule has 9 heteroatoms. The molecule has 1 aromatic heterocycles. The van der Waals surface area contributed by atoms with Crippen molar-refractivity contribution in [1.29, 1.82) is 0 Å². The lowest BCUT2D eigenvalue weighted by Gasteiger charge is -2.12. The molecule has 0 radical (unpaired) electrons. The number of nitrogens with zero attached hydrogens (tertiary/aromatic N) is 3. The fraction of sp³-hybridized carbons (Fsp3) is 0.333. The van der Waals surface area contributed by atoms with Crippen LogP contribution < -0.4 is 10.5 Å². The summed E-state index contributed by atoms with van der Waals surface area (Å²) in [5.74, 6) is -0.101. The van der Waals surface area contributed by atoms with Gasteiger partial charge < -0.3 is 25.3 Å². The van der Waals surface area contributed by atoms with Crippen LogP contribution in [0.2, 0.25) is 0 Å². The normalized spacial score (nSPS) is 11.8. The van der Waals surface area contributed by atoms with Crippen molar-refractivity contribution >= 4 is 11.8 Å². The Hall–Kier alpha value is -2.94. The van der Waals surface area contributed by atoms with Gasteiger partial charge in [-0.2, -0.15) is 4.68 Å². The maximum absolute atomic E-state index is 11.4. The Bertz CT molecular complexity index is 743. The summed E-state index contributed by atoms with van der Waals surface area (Å²) in [6.45, 7) is 0.290. The maximum Gasteiger partial charge on any atom is 0.389 e. The van der Waals surface area contributed by atoms with Crippen LogP contribution >= 0.6 is 0 Å². The Morgan fingerprint density at radius 1 is 1.42 bits per heavy atom. The number of methoxy groups -OCH3 is 2. The van der Waals surface area contributed by atoms with E-state index in [4.69, 9.17) is 10.5 Å². The zero-order valence-corrected chi connectivity index (χ0v) is 13.3. The lowest BCUT2D eigenvalue weighted by atomic mass is 10.0. The van der Waals surface area contributed by atoms with E-state index in [0.29, 0.717) is 12.2 Å². The zero-order valence-electron chi connectivity index (χ0n) is 13.3. The molecule has 2 rings (SSSR count). The highest BCUT2D eigenvalue weighted by Gasteiger charge is 2.17. The van der Waals surface area contributed by atoms with Crippen LogP contribution in [0.4, 0.5) is 5.82 Å². The summed E-state index contributed by atoms with van der Waals surface area (Å²) in [7, 11) is 2.82. The van der Waals surface area contributed by atoms with Crippen LogP contribution in [0.1, 0.15) is 11.1 Å². The number of carbonyl (C=O) groups is 1. The molecule has 0 saturated heterocycles. The number of aromatic nitrogens is 2. The molecule has 0 aliphatic heterocycles. The van der Waals surface area contributed by atoms with E-state index in [-0.39, 0.29) is 12.4 Å². The van der Waals surface area contributed by atoms with Gasteiger partial charge in [-0.05, 0) is 23.0 Å². The molecular formula is C15H18N4O5. The second kappa shape index (κ2) is 7.55. The van der Waals surface area contributed by atoms with E-state index >= 15 is 0 Å². The molecule has 0 fully saturated rings. The predicted octanol–water partition coefficient (Wildman–Crippen LogP) is 0.891. The molecule has 0 spiro atoms. The summed E-state index contributed by atoms with van der Waals surface area (Å²) in [5, 5.41) is 14.6. The maximum atomic E-state index is 11.4. The number of hydrogen-bond donors (Lipinski definition) is 1. The minimum atomic E-state index is -0.762. The van der Waals surface area contributed by atoms with Crippen molar-refractivity contribution in [2.75, 3.05) is 14.2 Å². The van der Waals surface area contributed by atoms with E-state index in [1.165, 1.54) is 31.2 Å². The Labute approximate surface area is 138 Å². The first-order valence-electron chi connectivity index (χ1n) is 7.11. The standard InChI is InChI=1S/C15H18N4O5/c1-23-13-4-3-10(8-12(16)15(20)24-2)7-11(13)9-18-6-5-14(17-18)19(21)22/h3-7,12H,8-9,16H2,1-2H3. The quantitative estimate of drug-likeness (QED) is 0.453. The third kappa shape index (κ3) is 4.07. The number of nitrogens with two attached hydrogens (primary N) is 1. The van der Waals surface area contributed by atoms with Crippen LogP contribution in [0, 0.1) is 10.1 Å². The van der Waals surface area contributed by atoms with Crippen molar-refractivity contribution < 1.29 is 19.2 Å². The Balaban J connectivity index is 2.22. The van der Waals surface area contributed by atoms with Crippen LogP contribution in [-0.2, 0) is 22.5 Å². The SMILES string of the molecule is COC(=O)C(N)Cc1ccc(OC)c(Cn2ccc([N+](=O)[O-])n2)c1. The molecule has 0 aliphatic rings. The van der Waals surface area contributed by atoms with Crippen LogP contribution in [0.25, 0.3) is 0 Å². The molecule has 2 aromatic rings. The fourth-order valence-electron chi connectivity index (χ4n) is 2.28. The summed E-state index contributed by atoms with van der Waals surface area (Å²) >= 11 is 0. The number of hydrogen-bond acceptors (Lipinski definition) is 7. The molecule has 0 amide bonds.